The number of carbonyl (C=O) groups excluding carboxylic acids is 1. The molecule has 0 aliphatic carbocycles. The van der Waals surface area contributed by atoms with E-state index in [-0.39, 0.29) is 18.2 Å². The van der Waals surface area contributed by atoms with Crippen LogP contribution in [0.1, 0.15) is 42.9 Å². The van der Waals surface area contributed by atoms with Crippen molar-refractivity contribution in [1.29, 1.82) is 5.26 Å². The third-order valence-corrected chi connectivity index (χ3v) is 6.98. The zero-order valence-corrected chi connectivity index (χ0v) is 18.5. The first kappa shape index (κ1) is 22.2. The molecule has 0 aromatic heterocycles. The molecule has 1 spiro atoms. The monoisotopic (exact) mass is 465 g/mol. The number of halogens is 2. The van der Waals surface area contributed by atoms with Gasteiger partial charge in [0.05, 0.1) is 17.3 Å². The van der Waals surface area contributed by atoms with Crippen LogP contribution in [0.25, 0.3) is 0 Å². The molecule has 0 radical (unpaired) electrons. The number of fused-ring (bicyclic) bond motifs is 1. The lowest BCUT2D eigenvalue weighted by Crippen LogP contribution is -2.50. The molecule has 3 N–H and O–H groups in total. The molecule has 2 aromatic rings. The van der Waals surface area contributed by atoms with Gasteiger partial charge in [0, 0.05) is 50.1 Å². The highest BCUT2D eigenvalue weighted by Crippen LogP contribution is 2.48. The van der Waals surface area contributed by atoms with E-state index in [1.54, 1.807) is 17.2 Å². The van der Waals surface area contributed by atoms with Crippen LogP contribution >= 0.6 is 0 Å². The maximum Gasteiger partial charge on any atom is 0.257 e. The molecular formula is C25H25F2N5O2. The summed E-state index contributed by atoms with van der Waals surface area (Å²) in [5.41, 5.74) is 7.05. The first-order valence-corrected chi connectivity index (χ1v) is 11.3. The number of ether oxygens (including phenoxy) is 1. The third-order valence-electron chi connectivity index (χ3n) is 6.98. The highest BCUT2D eigenvalue weighted by atomic mass is 19.1. The second kappa shape index (κ2) is 8.61. The molecule has 2 atom stereocenters. The minimum atomic E-state index is -0.915. The van der Waals surface area contributed by atoms with E-state index in [1.165, 1.54) is 18.3 Å². The number of nitrogens with two attached hydrogens (primary N) is 1. The number of carbonyl (C=O) groups is 1. The molecule has 3 saturated heterocycles. The molecule has 2 aromatic carbocycles. The Hall–Kier alpha value is -3.64. The van der Waals surface area contributed by atoms with Crippen LogP contribution in [-0.4, -0.2) is 35.7 Å². The molecule has 3 fully saturated rings. The maximum absolute atomic E-state index is 13.8. The Bertz CT molecular complexity index is 1170. The van der Waals surface area contributed by atoms with Gasteiger partial charge in [0.25, 0.3) is 5.91 Å². The molecule has 9 heteroatoms. The summed E-state index contributed by atoms with van der Waals surface area (Å²) in [6.07, 6.45) is 4.81. The summed E-state index contributed by atoms with van der Waals surface area (Å²) in [6, 6.07) is 10.7. The van der Waals surface area contributed by atoms with Gasteiger partial charge in [-0.25, -0.2) is 8.78 Å². The number of amides is 1. The Labute approximate surface area is 196 Å². The van der Waals surface area contributed by atoms with Crippen LogP contribution in [0.3, 0.4) is 0 Å². The molecule has 3 aliphatic rings. The normalized spacial score (nSPS) is 23.5. The fourth-order valence-corrected chi connectivity index (χ4v) is 5.35. The molecule has 34 heavy (non-hydrogen) atoms. The Morgan fingerprint density at radius 3 is 2.56 bits per heavy atom. The molecule has 176 valence electrons. The maximum atomic E-state index is 13.8. The Balaban J connectivity index is 1.32. The Kier molecular flexibility index (Phi) is 5.62. The average molecular weight is 466 g/mol. The van der Waals surface area contributed by atoms with Crippen molar-refractivity contribution in [3.8, 4) is 6.07 Å². The van der Waals surface area contributed by atoms with Crippen molar-refractivity contribution in [3.05, 3.63) is 71.6 Å². The summed E-state index contributed by atoms with van der Waals surface area (Å²) in [4.78, 5) is 17.4. The van der Waals surface area contributed by atoms with E-state index >= 15 is 0 Å². The molecule has 0 unspecified atom stereocenters. The molecule has 5 rings (SSSR count). The quantitative estimate of drug-likeness (QED) is 0.715. The highest BCUT2D eigenvalue weighted by Gasteiger charge is 2.58. The molecule has 0 bridgehead atoms. The average Bonchev–Trinajstić information content (AvgIpc) is 3.35. The lowest BCUT2D eigenvalue weighted by atomic mass is 9.89. The molecule has 1 amide bonds. The fraction of sp³-hybridized carbons (Fsp3) is 0.360. The summed E-state index contributed by atoms with van der Waals surface area (Å²) in [5.74, 6) is -1.39. The summed E-state index contributed by atoms with van der Waals surface area (Å²) < 4.78 is 33.9. The van der Waals surface area contributed by atoms with Gasteiger partial charge in [-0.05, 0) is 48.7 Å². The van der Waals surface area contributed by atoms with E-state index in [0.717, 1.165) is 11.8 Å². The topological polar surface area (TPSA) is 94.6 Å². The number of nitriles is 1. The van der Waals surface area contributed by atoms with Crippen molar-refractivity contribution in [1.82, 2.24) is 4.90 Å². The van der Waals surface area contributed by atoms with Crippen molar-refractivity contribution in [2.24, 2.45) is 5.73 Å². The number of piperidine rings is 1. The fourth-order valence-electron chi connectivity index (χ4n) is 5.35. The van der Waals surface area contributed by atoms with E-state index in [9.17, 15) is 18.8 Å². The number of hydrogen-bond donors (Lipinski definition) is 2. The van der Waals surface area contributed by atoms with Crippen LogP contribution < -0.4 is 16.0 Å². The summed E-state index contributed by atoms with van der Waals surface area (Å²) in [5, 5.41) is 12.4. The smallest absolute Gasteiger partial charge is 0.257 e. The zero-order chi connectivity index (χ0) is 23.9. The van der Waals surface area contributed by atoms with Crippen LogP contribution in [0.5, 0.6) is 0 Å². The number of anilines is 2. The molecule has 3 aliphatic heterocycles. The first-order chi connectivity index (χ1) is 16.4. The summed E-state index contributed by atoms with van der Waals surface area (Å²) in [7, 11) is 0. The van der Waals surface area contributed by atoms with Crippen molar-refractivity contribution in [2.75, 3.05) is 23.3 Å². The standard InChI is InChI=1S/C25H25F2N5O2/c26-18-11-17(12-19(27)13-18)22-3-4-23-32(22)24(33)25(34-23)5-9-31(10-6-25)20-2-1-16(15-29)21(14-20)30-8-7-28/h1-2,7-8,11-14,22-23,30H,3-6,9-10,28H2/b8-7-/t22-,23+/m0/s1. The van der Waals surface area contributed by atoms with Gasteiger partial charge >= 0.3 is 0 Å². The van der Waals surface area contributed by atoms with Gasteiger partial charge in [-0.15, -0.1) is 0 Å². The van der Waals surface area contributed by atoms with Gasteiger partial charge in [-0.2, -0.15) is 5.26 Å². The van der Waals surface area contributed by atoms with Gasteiger partial charge in [-0.3, -0.25) is 4.79 Å². The zero-order valence-electron chi connectivity index (χ0n) is 18.5. The predicted octanol–water partition coefficient (Wildman–Crippen LogP) is 3.74. The summed E-state index contributed by atoms with van der Waals surface area (Å²) >= 11 is 0. The summed E-state index contributed by atoms with van der Waals surface area (Å²) in [6.45, 7) is 1.20. The van der Waals surface area contributed by atoms with Gasteiger partial charge < -0.3 is 25.6 Å². The van der Waals surface area contributed by atoms with E-state index < -0.39 is 17.2 Å². The molecule has 0 saturated carbocycles. The van der Waals surface area contributed by atoms with Crippen molar-refractivity contribution in [3.63, 3.8) is 0 Å². The number of nitrogens with one attached hydrogen (secondary N) is 1. The highest BCUT2D eigenvalue weighted by molar-refractivity contribution is 5.88. The predicted molar refractivity (Wildman–Crippen MR) is 122 cm³/mol. The number of hydrogen-bond acceptors (Lipinski definition) is 6. The van der Waals surface area contributed by atoms with Gasteiger partial charge in [0.15, 0.2) is 5.60 Å². The minimum Gasteiger partial charge on any atom is -0.403 e. The van der Waals surface area contributed by atoms with Gasteiger partial charge in [0.2, 0.25) is 0 Å². The van der Waals surface area contributed by atoms with Crippen LogP contribution in [0, 0.1) is 23.0 Å². The van der Waals surface area contributed by atoms with Gasteiger partial charge in [0.1, 0.15) is 23.9 Å². The van der Waals surface area contributed by atoms with Crippen molar-refractivity contribution in [2.45, 2.75) is 43.6 Å². The van der Waals surface area contributed by atoms with Crippen LogP contribution in [-0.2, 0) is 9.53 Å². The van der Waals surface area contributed by atoms with Crippen molar-refractivity contribution >= 4 is 17.3 Å². The number of nitrogens with zero attached hydrogens (tertiary/aromatic N) is 3. The number of rotatable bonds is 4. The SMILES string of the molecule is N#Cc1ccc(N2CCC3(CC2)O[C@@H]2CC[C@@H](c4cc(F)cc(F)c4)N2C3=O)cc1N/C=C\N. The van der Waals surface area contributed by atoms with Crippen LogP contribution in [0.4, 0.5) is 20.2 Å². The minimum absolute atomic E-state index is 0.0976. The van der Waals surface area contributed by atoms with Crippen molar-refractivity contribution < 1.29 is 18.3 Å². The number of benzene rings is 2. The first-order valence-electron chi connectivity index (χ1n) is 11.3. The Morgan fingerprint density at radius 2 is 1.88 bits per heavy atom. The molecule has 3 heterocycles. The molecular weight excluding hydrogens is 440 g/mol. The second-order valence-corrected chi connectivity index (χ2v) is 8.91. The largest absolute Gasteiger partial charge is 0.403 e. The Morgan fingerprint density at radius 1 is 1.15 bits per heavy atom. The third kappa shape index (κ3) is 3.74. The van der Waals surface area contributed by atoms with E-state index in [2.05, 4.69) is 16.3 Å². The van der Waals surface area contributed by atoms with Crippen LogP contribution in [0.15, 0.2) is 48.8 Å². The lowest BCUT2D eigenvalue weighted by Gasteiger charge is -2.38. The second-order valence-electron chi connectivity index (χ2n) is 8.91. The van der Waals surface area contributed by atoms with E-state index in [4.69, 9.17) is 10.5 Å². The van der Waals surface area contributed by atoms with E-state index in [1.807, 2.05) is 12.1 Å². The van der Waals surface area contributed by atoms with Crippen LogP contribution in [0.2, 0.25) is 0 Å². The van der Waals surface area contributed by atoms with Gasteiger partial charge in [-0.1, -0.05) is 0 Å². The van der Waals surface area contributed by atoms with E-state index in [0.29, 0.717) is 55.6 Å². The lowest BCUT2D eigenvalue weighted by molar-refractivity contribution is -0.140. The molecule has 7 nitrogen and oxygen atoms in total.